The minimum absolute atomic E-state index is 0.0437. The van der Waals surface area contributed by atoms with E-state index in [4.69, 9.17) is 23.7 Å². The Morgan fingerprint density at radius 1 is 1.04 bits per heavy atom. The molecule has 0 unspecified atom stereocenters. The normalized spacial score (nSPS) is 21.0. The summed E-state index contributed by atoms with van der Waals surface area (Å²) in [6.45, 7) is 5.97. The van der Waals surface area contributed by atoms with Gasteiger partial charge in [0.05, 0.1) is 37.3 Å². The second kappa shape index (κ2) is 14.5. The maximum absolute atomic E-state index is 11.6. The zero-order valence-corrected chi connectivity index (χ0v) is 25.1. The summed E-state index contributed by atoms with van der Waals surface area (Å²) in [5, 5.41) is 30.7. The molecule has 0 aliphatic carbocycles. The van der Waals surface area contributed by atoms with Gasteiger partial charge in [0.1, 0.15) is 0 Å². The van der Waals surface area contributed by atoms with Crippen LogP contribution in [0.3, 0.4) is 0 Å². The lowest BCUT2D eigenvalue weighted by Crippen LogP contribution is -2.34. The molecule has 1 fully saturated rings. The van der Waals surface area contributed by atoms with E-state index in [1.165, 1.54) is 6.33 Å². The van der Waals surface area contributed by atoms with Gasteiger partial charge in [-0.1, -0.05) is 56.3 Å². The Balaban J connectivity index is 1.57. The number of fused-ring (bicyclic) bond motifs is 1. The van der Waals surface area contributed by atoms with Crippen LogP contribution < -0.4 is 10.6 Å². The van der Waals surface area contributed by atoms with Crippen molar-refractivity contribution in [1.29, 1.82) is 0 Å². The van der Waals surface area contributed by atoms with Gasteiger partial charge in [0.2, 0.25) is 5.95 Å². The summed E-state index contributed by atoms with van der Waals surface area (Å²) >= 11 is 0. The van der Waals surface area contributed by atoms with E-state index in [1.54, 1.807) is 10.6 Å². The molecule has 1 aromatic carbocycles. The summed E-state index contributed by atoms with van der Waals surface area (Å²) in [4.78, 5) is 37.1. The highest BCUT2D eigenvalue weighted by Crippen LogP contribution is 2.43. The van der Waals surface area contributed by atoms with Crippen LogP contribution in [0.1, 0.15) is 50.1 Å². The number of aryl methyl sites for hydroxylation is 1. The standard InChI is InChI=1S/C30H37N7O8/c1-4-19-11-22(45-36-19)24-25(42-15-40)26(43-16-41)29(44-24)37-14-31-23-27(33-21(13-39)17(2)3)34-30(35-28(23)37)32-20(12-38)10-18-8-6-5-7-9-18/h5-9,11,14-17,20-21,24-26,29,38-39H,4,10,12-13H2,1-3H3,(H2,32,33,34,35)/t20-,21+,24+,25+,26+,29+/m0/s1. The van der Waals surface area contributed by atoms with Gasteiger partial charge in [-0.05, 0) is 24.3 Å². The summed E-state index contributed by atoms with van der Waals surface area (Å²) in [6, 6.07) is 10.6. The third-order valence-electron chi connectivity index (χ3n) is 7.73. The van der Waals surface area contributed by atoms with E-state index < -0.39 is 30.6 Å². The number of aliphatic hydroxyl groups excluding tert-OH is 2. The SMILES string of the molecule is CCc1cc([C@H]2O[C@@H](n3cnc4c(N[C@H](CO)C(C)C)nc(N[C@H](CO)Cc5ccccc5)nc43)[C@H](OC=O)[C@@H]2OC=O)on1. The van der Waals surface area contributed by atoms with E-state index in [1.807, 2.05) is 51.1 Å². The number of rotatable bonds is 16. The highest BCUT2D eigenvalue weighted by molar-refractivity contribution is 5.84. The van der Waals surface area contributed by atoms with Crippen molar-refractivity contribution >= 4 is 35.9 Å². The summed E-state index contributed by atoms with van der Waals surface area (Å²) in [6.07, 6.45) is -1.65. The monoisotopic (exact) mass is 623 g/mol. The van der Waals surface area contributed by atoms with Crippen molar-refractivity contribution in [3.8, 4) is 0 Å². The zero-order valence-electron chi connectivity index (χ0n) is 25.1. The van der Waals surface area contributed by atoms with E-state index in [2.05, 4.69) is 25.8 Å². The highest BCUT2D eigenvalue weighted by Gasteiger charge is 2.51. The molecule has 0 amide bonds. The van der Waals surface area contributed by atoms with Crippen LogP contribution in [0.15, 0.2) is 47.2 Å². The molecule has 0 bridgehead atoms. The molecular formula is C30H37N7O8. The molecule has 0 saturated carbocycles. The average Bonchev–Trinajstić information content (AvgIpc) is 3.78. The molecule has 1 saturated heterocycles. The Bertz CT molecular complexity index is 1560. The number of aromatic nitrogens is 5. The average molecular weight is 624 g/mol. The van der Waals surface area contributed by atoms with Crippen LogP contribution in [0.25, 0.3) is 11.2 Å². The number of anilines is 2. The fourth-order valence-corrected chi connectivity index (χ4v) is 5.25. The van der Waals surface area contributed by atoms with Gasteiger partial charge in [-0.25, -0.2) is 4.98 Å². The molecule has 45 heavy (non-hydrogen) atoms. The van der Waals surface area contributed by atoms with Crippen LogP contribution in [0.4, 0.5) is 11.8 Å². The topological polar surface area (TPSA) is 196 Å². The van der Waals surface area contributed by atoms with Gasteiger partial charge in [-0.3, -0.25) is 14.2 Å². The number of carbonyl (C=O) groups is 2. The van der Waals surface area contributed by atoms with Crippen molar-refractivity contribution in [3.63, 3.8) is 0 Å². The minimum Gasteiger partial charge on any atom is -0.457 e. The van der Waals surface area contributed by atoms with E-state index in [0.29, 0.717) is 35.6 Å². The maximum Gasteiger partial charge on any atom is 0.293 e. The van der Waals surface area contributed by atoms with Gasteiger partial charge in [0, 0.05) is 6.07 Å². The van der Waals surface area contributed by atoms with E-state index >= 15 is 0 Å². The molecule has 5 rings (SSSR count). The number of benzene rings is 1. The number of carbonyl (C=O) groups excluding carboxylic acids is 2. The van der Waals surface area contributed by atoms with Crippen LogP contribution in [-0.4, -0.2) is 85.3 Å². The van der Waals surface area contributed by atoms with Gasteiger partial charge in [0.15, 0.2) is 47.3 Å². The van der Waals surface area contributed by atoms with E-state index in [9.17, 15) is 19.8 Å². The Morgan fingerprint density at radius 3 is 2.44 bits per heavy atom. The van der Waals surface area contributed by atoms with Crippen LogP contribution in [0.5, 0.6) is 0 Å². The summed E-state index contributed by atoms with van der Waals surface area (Å²) in [5.74, 6) is 0.838. The Morgan fingerprint density at radius 2 is 1.80 bits per heavy atom. The fourth-order valence-electron chi connectivity index (χ4n) is 5.25. The summed E-state index contributed by atoms with van der Waals surface area (Å²) < 4.78 is 24.1. The lowest BCUT2D eigenvalue weighted by atomic mass is 10.1. The molecule has 240 valence electrons. The minimum atomic E-state index is -1.11. The fraction of sp³-hybridized carbons (Fsp3) is 0.467. The third-order valence-corrected chi connectivity index (χ3v) is 7.73. The molecule has 4 N–H and O–H groups in total. The highest BCUT2D eigenvalue weighted by atomic mass is 16.6. The van der Waals surface area contributed by atoms with Crippen molar-refractivity contribution in [2.45, 2.75) is 70.2 Å². The molecule has 0 spiro atoms. The first kappa shape index (κ1) is 31.8. The first-order valence-corrected chi connectivity index (χ1v) is 14.7. The van der Waals surface area contributed by atoms with Crippen LogP contribution in [0, 0.1) is 5.92 Å². The summed E-state index contributed by atoms with van der Waals surface area (Å²) in [5.41, 5.74) is 2.31. The second-order valence-electron chi connectivity index (χ2n) is 11.0. The molecule has 0 radical (unpaired) electrons. The maximum atomic E-state index is 11.6. The lowest BCUT2D eigenvalue weighted by Gasteiger charge is -2.23. The van der Waals surface area contributed by atoms with Crippen molar-refractivity contribution in [3.05, 3.63) is 59.7 Å². The second-order valence-corrected chi connectivity index (χ2v) is 11.0. The quantitative estimate of drug-likeness (QED) is 0.133. The first-order valence-electron chi connectivity index (χ1n) is 14.7. The van der Waals surface area contributed by atoms with Gasteiger partial charge in [-0.15, -0.1) is 0 Å². The summed E-state index contributed by atoms with van der Waals surface area (Å²) in [7, 11) is 0. The predicted molar refractivity (Wildman–Crippen MR) is 160 cm³/mol. The molecule has 4 aromatic rings. The van der Waals surface area contributed by atoms with Crippen LogP contribution in [-0.2, 0) is 36.6 Å². The molecular weight excluding hydrogens is 586 g/mol. The lowest BCUT2D eigenvalue weighted by molar-refractivity contribution is -0.151. The Kier molecular flexibility index (Phi) is 10.2. The van der Waals surface area contributed by atoms with Gasteiger partial charge in [-0.2, -0.15) is 9.97 Å². The third kappa shape index (κ3) is 6.90. The van der Waals surface area contributed by atoms with Gasteiger partial charge in [0.25, 0.3) is 12.9 Å². The number of nitrogens with zero attached hydrogens (tertiary/aromatic N) is 5. The molecule has 15 nitrogen and oxygen atoms in total. The molecule has 6 atom stereocenters. The van der Waals surface area contributed by atoms with Crippen LogP contribution in [0.2, 0.25) is 0 Å². The van der Waals surface area contributed by atoms with E-state index in [0.717, 1.165) is 5.56 Å². The number of aliphatic hydroxyl groups is 2. The zero-order chi connectivity index (χ0) is 31.9. The van der Waals surface area contributed by atoms with Crippen LogP contribution >= 0.6 is 0 Å². The Hall–Kier alpha value is -4.60. The number of hydrogen-bond donors (Lipinski definition) is 4. The molecule has 4 heterocycles. The van der Waals surface area contributed by atoms with Gasteiger partial charge >= 0.3 is 0 Å². The number of hydrogen-bond acceptors (Lipinski definition) is 14. The number of imidazole rings is 1. The first-order chi connectivity index (χ1) is 21.9. The molecule has 15 heteroatoms. The Labute approximate surface area is 258 Å². The molecule has 3 aromatic heterocycles. The largest absolute Gasteiger partial charge is 0.457 e. The van der Waals surface area contributed by atoms with Crippen molar-refractivity contribution in [2.24, 2.45) is 5.92 Å². The number of nitrogens with one attached hydrogen (secondary N) is 2. The molecule has 1 aliphatic heterocycles. The van der Waals surface area contributed by atoms with Crippen molar-refractivity contribution in [1.82, 2.24) is 24.7 Å². The number of ether oxygens (including phenoxy) is 3. The smallest absolute Gasteiger partial charge is 0.293 e. The van der Waals surface area contributed by atoms with Crippen molar-refractivity contribution in [2.75, 3.05) is 23.8 Å². The van der Waals surface area contributed by atoms with Crippen molar-refractivity contribution < 1.29 is 38.5 Å². The van der Waals surface area contributed by atoms with Gasteiger partial charge < -0.3 is 39.6 Å². The predicted octanol–water partition coefficient (Wildman–Crippen LogP) is 2.17. The molecule has 1 aliphatic rings. The van der Waals surface area contributed by atoms with E-state index in [-0.39, 0.29) is 49.7 Å².